The number of nitrogens with one attached hydrogen (secondary N) is 1. The molecule has 8 heteroatoms. The molecule has 0 saturated carbocycles. The number of oxazole rings is 1. The van der Waals surface area contributed by atoms with Gasteiger partial charge in [0.25, 0.3) is 0 Å². The number of ether oxygens (including phenoxy) is 1. The summed E-state index contributed by atoms with van der Waals surface area (Å²) in [5, 5.41) is 2.81. The zero-order valence-electron chi connectivity index (χ0n) is 18.3. The van der Waals surface area contributed by atoms with E-state index >= 15 is 0 Å². The number of hydrogen-bond donors (Lipinski definition) is 1. The summed E-state index contributed by atoms with van der Waals surface area (Å²) < 4.78 is 25.9. The lowest BCUT2D eigenvalue weighted by atomic mass is 10.0. The number of carbonyl (C=O) groups excluding carboxylic acids is 1. The third kappa shape index (κ3) is 4.77. The maximum atomic E-state index is 14.9. The van der Waals surface area contributed by atoms with Gasteiger partial charge in [0, 0.05) is 38.5 Å². The summed E-state index contributed by atoms with van der Waals surface area (Å²) in [6, 6.07) is 15.0. The average Bonchev–Trinajstić information content (AvgIpc) is 3.56. The fourth-order valence-corrected chi connectivity index (χ4v) is 4.56. The maximum Gasteiger partial charge on any atom is 0.229 e. The van der Waals surface area contributed by atoms with E-state index < -0.39 is 0 Å². The smallest absolute Gasteiger partial charge is 0.229 e. The van der Waals surface area contributed by atoms with Crippen LogP contribution in [0.2, 0.25) is 0 Å². The van der Waals surface area contributed by atoms with Crippen LogP contribution in [0.1, 0.15) is 23.9 Å². The van der Waals surface area contributed by atoms with Crippen LogP contribution in [0, 0.1) is 11.7 Å². The number of carbonyl (C=O) groups is 1. The number of hydrogen-bond acceptors (Lipinski definition) is 6. The number of nitrogens with zero attached hydrogens (tertiary/aromatic N) is 3. The number of piperazine rings is 1. The van der Waals surface area contributed by atoms with Gasteiger partial charge in [0.15, 0.2) is 0 Å². The Balaban J connectivity index is 1.25. The van der Waals surface area contributed by atoms with Gasteiger partial charge in [-0.1, -0.05) is 30.3 Å². The third-order valence-corrected chi connectivity index (χ3v) is 6.34. The summed E-state index contributed by atoms with van der Waals surface area (Å²) in [7, 11) is 0. The monoisotopic (exact) mass is 450 g/mol. The van der Waals surface area contributed by atoms with Crippen molar-refractivity contribution in [2.45, 2.75) is 12.5 Å². The zero-order chi connectivity index (χ0) is 22.6. The minimum Gasteiger partial charge on any atom is -0.447 e. The summed E-state index contributed by atoms with van der Waals surface area (Å²) in [4.78, 5) is 21.0. The predicted molar refractivity (Wildman–Crippen MR) is 123 cm³/mol. The van der Waals surface area contributed by atoms with Crippen molar-refractivity contribution in [3.8, 4) is 0 Å². The second-order valence-corrected chi connectivity index (χ2v) is 8.42. The maximum absolute atomic E-state index is 14.9. The molecule has 2 atom stereocenters. The van der Waals surface area contributed by atoms with Crippen molar-refractivity contribution < 1.29 is 18.3 Å². The van der Waals surface area contributed by atoms with Crippen LogP contribution in [0.15, 0.2) is 65.4 Å². The highest BCUT2D eigenvalue weighted by molar-refractivity contribution is 5.93. The van der Waals surface area contributed by atoms with Gasteiger partial charge in [0.05, 0.1) is 24.4 Å². The van der Waals surface area contributed by atoms with E-state index in [1.54, 1.807) is 24.6 Å². The lowest BCUT2D eigenvalue weighted by molar-refractivity contribution is -0.119. The number of rotatable bonds is 6. The van der Waals surface area contributed by atoms with E-state index in [1.807, 2.05) is 23.1 Å². The molecule has 2 fully saturated rings. The lowest BCUT2D eigenvalue weighted by Gasteiger charge is -2.39. The van der Waals surface area contributed by atoms with E-state index in [0.29, 0.717) is 50.0 Å². The highest BCUT2D eigenvalue weighted by atomic mass is 19.1. The molecule has 3 aromatic rings. The number of halogens is 1. The van der Waals surface area contributed by atoms with Crippen LogP contribution in [0.4, 0.5) is 15.8 Å². The Bertz CT molecular complexity index is 1060. The SMILES string of the molecule is O=C(Nc1ccc(N2CCN(C(c3ccccc3)c3ncco3)CC2)c(F)c1)[C@@H]1CCOC1. The van der Waals surface area contributed by atoms with Crippen molar-refractivity contribution in [1.82, 2.24) is 9.88 Å². The summed E-state index contributed by atoms with van der Waals surface area (Å²) in [5.41, 5.74) is 2.14. The minimum atomic E-state index is -0.337. The summed E-state index contributed by atoms with van der Waals surface area (Å²) in [6.45, 7) is 3.84. The van der Waals surface area contributed by atoms with Crippen molar-refractivity contribution in [2.24, 2.45) is 5.92 Å². The second-order valence-electron chi connectivity index (χ2n) is 8.42. The van der Waals surface area contributed by atoms with E-state index in [4.69, 9.17) is 9.15 Å². The molecule has 2 saturated heterocycles. The van der Waals surface area contributed by atoms with Crippen LogP contribution in [-0.2, 0) is 9.53 Å². The Kier molecular flexibility index (Phi) is 6.37. The standard InChI is InChI=1S/C25H27FN4O3/c26-21-16-20(28-24(31)19-8-14-32-17-19)6-7-22(21)29-10-12-30(13-11-29)23(25-27-9-15-33-25)18-4-2-1-3-5-18/h1-7,9,15-16,19,23H,8,10-14,17H2,(H,28,31)/t19-,23?/m1/s1. The molecule has 0 radical (unpaired) electrons. The zero-order valence-corrected chi connectivity index (χ0v) is 18.3. The number of benzene rings is 2. The highest BCUT2D eigenvalue weighted by Crippen LogP contribution is 2.31. The first-order valence-corrected chi connectivity index (χ1v) is 11.3. The van der Waals surface area contributed by atoms with Crippen LogP contribution in [0.5, 0.6) is 0 Å². The Hall–Kier alpha value is -3.23. The first-order chi connectivity index (χ1) is 16.2. The molecular weight excluding hydrogens is 423 g/mol. The van der Waals surface area contributed by atoms with Crippen LogP contribution in [0.3, 0.4) is 0 Å². The highest BCUT2D eigenvalue weighted by Gasteiger charge is 2.30. The number of aromatic nitrogens is 1. The average molecular weight is 451 g/mol. The lowest BCUT2D eigenvalue weighted by Crippen LogP contribution is -2.48. The fraction of sp³-hybridized carbons (Fsp3) is 0.360. The molecule has 172 valence electrons. The van der Waals surface area contributed by atoms with Crippen LogP contribution in [0.25, 0.3) is 0 Å². The summed E-state index contributed by atoms with van der Waals surface area (Å²) in [6.07, 6.45) is 3.96. The van der Waals surface area contributed by atoms with Crippen molar-refractivity contribution in [3.05, 3.63) is 78.3 Å². The first kappa shape index (κ1) is 21.6. The molecule has 0 bridgehead atoms. The quantitative estimate of drug-likeness (QED) is 0.618. The normalized spacial score (nSPS) is 20.0. The molecule has 2 aromatic carbocycles. The summed E-state index contributed by atoms with van der Waals surface area (Å²) >= 11 is 0. The Morgan fingerprint density at radius 2 is 1.94 bits per heavy atom. The second kappa shape index (κ2) is 9.72. The van der Waals surface area contributed by atoms with Gasteiger partial charge in [-0.15, -0.1) is 0 Å². The van der Waals surface area contributed by atoms with E-state index in [9.17, 15) is 9.18 Å². The predicted octanol–water partition coefficient (Wildman–Crippen LogP) is 3.70. The van der Waals surface area contributed by atoms with Gasteiger partial charge in [0.2, 0.25) is 11.8 Å². The number of anilines is 2. The summed E-state index contributed by atoms with van der Waals surface area (Å²) in [5.74, 6) is 0.0404. The van der Waals surface area contributed by atoms with Crippen molar-refractivity contribution in [3.63, 3.8) is 0 Å². The van der Waals surface area contributed by atoms with Crippen molar-refractivity contribution >= 4 is 17.3 Å². The molecule has 0 spiro atoms. The van der Waals surface area contributed by atoms with Gasteiger partial charge in [0.1, 0.15) is 18.1 Å². The molecule has 5 rings (SSSR count). The van der Waals surface area contributed by atoms with E-state index in [1.165, 1.54) is 6.07 Å². The molecule has 0 aliphatic carbocycles. The van der Waals surface area contributed by atoms with Gasteiger partial charge < -0.3 is 19.4 Å². The van der Waals surface area contributed by atoms with Crippen molar-refractivity contribution in [1.29, 1.82) is 0 Å². The van der Waals surface area contributed by atoms with Crippen LogP contribution in [-0.4, -0.2) is 55.2 Å². The van der Waals surface area contributed by atoms with E-state index in [0.717, 1.165) is 18.7 Å². The molecule has 7 nitrogen and oxygen atoms in total. The third-order valence-electron chi connectivity index (χ3n) is 6.34. The van der Waals surface area contributed by atoms with E-state index in [-0.39, 0.29) is 23.7 Å². The van der Waals surface area contributed by atoms with E-state index in [2.05, 4.69) is 27.3 Å². The Morgan fingerprint density at radius 1 is 1.12 bits per heavy atom. The van der Waals surface area contributed by atoms with Gasteiger partial charge >= 0.3 is 0 Å². The van der Waals surface area contributed by atoms with Gasteiger partial charge in [-0.05, 0) is 30.2 Å². The Labute approximate surface area is 192 Å². The molecule has 1 unspecified atom stereocenters. The van der Waals surface area contributed by atoms with Gasteiger partial charge in [-0.25, -0.2) is 9.37 Å². The fourth-order valence-electron chi connectivity index (χ4n) is 4.56. The topological polar surface area (TPSA) is 70.8 Å². The molecule has 1 aromatic heterocycles. The van der Waals surface area contributed by atoms with Gasteiger partial charge in [-0.2, -0.15) is 0 Å². The molecular formula is C25H27FN4O3. The van der Waals surface area contributed by atoms with Crippen LogP contribution < -0.4 is 10.2 Å². The largest absolute Gasteiger partial charge is 0.447 e. The van der Waals surface area contributed by atoms with Gasteiger partial charge in [-0.3, -0.25) is 9.69 Å². The Morgan fingerprint density at radius 3 is 2.61 bits per heavy atom. The molecule has 3 heterocycles. The van der Waals surface area contributed by atoms with Crippen LogP contribution >= 0.6 is 0 Å². The molecule has 2 aliphatic heterocycles. The molecule has 33 heavy (non-hydrogen) atoms. The minimum absolute atomic E-state index is 0.0784. The van der Waals surface area contributed by atoms with Crippen molar-refractivity contribution in [2.75, 3.05) is 49.6 Å². The molecule has 1 N–H and O–H groups in total. The first-order valence-electron chi connectivity index (χ1n) is 11.3. The molecule has 1 amide bonds. The number of amides is 1. The molecule has 2 aliphatic rings.